The van der Waals surface area contributed by atoms with Crippen molar-refractivity contribution >= 4 is 46.3 Å². The van der Waals surface area contributed by atoms with E-state index in [1.165, 1.54) is 0 Å². The number of nitrogens with zero attached hydrogens (tertiary/aromatic N) is 3. The topological polar surface area (TPSA) is 184 Å². The molecule has 0 spiro atoms. The zero-order valence-corrected chi connectivity index (χ0v) is 22.7. The largest absolute Gasteiger partial charge is 0.466 e. The van der Waals surface area contributed by atoms with Gasteiger partial charge in [0.05, 0.1) is 18.6 Å². The second-order valence-corrected chi connectivity index (χ2v) is 8.73. The maximum Gasteiger partial charge on any atom is 0.328 e. The predicted octanol–water partition coefficient (Wildman–Crippen LogP) is 2.68. The van der Waals surface area contributed by atoms with Gasteiger partial charge in [-0.25, -0.2) is 9.78 Å². The highest BCUT2D eigenvalue weighted by atomic mass is 16.5. The van der Waals surface area contributed by atoms with Crippen LogP contribution in [0.1, 0.15) is 60.8 Å². The summed E-state index contributed by atoms with van der Waals surface area (Å²) in [4.78, 5) is 49.8. The lowest BCUT2D eigenvalue weighted by atomic mass is 10.0. The number of carbonyl (C=O) groups is 3. The van der Waals surface area contributed by atoms with Crippen LogP contribution in [0.3, 0.4) is 0 Å². The molecule has 0 saturated carbocycles. The van der Waals surface area contributed by atoms with Crippen molar-refractivity contribution in [2.24, 2.45) is 0 Å². The fourth-order valence-corrected chi connectivity index (χ4v) is 4.17. The number of nitrogens with two attached hydrogens (primary N) is 2. The molecule has 1 amide bonds. The van der Waals surface area contributed by atoms with Crippen LogP contribution in [-0.2, 0) is 32.0 Å². The predicted molar refractivity (Wildman–Crippen MR) is 148 cm³/mol. The summed E-state index contributed by atoms with van der Waals surface area (Å²) < 4.78 is 9.96. The maximum atomic E-state index is 12.8. The van der Waals surface area contributed by atoms with Crippen LogP contribution in [0.25, 0.3) is 11.0 Å². The zero-order valence-electron chi connectivity index (χ0n) is 22.7. The van der Waals surface area contributed by atoms with Crippen LogP contribution in [0.2, 0.25) is 0 Å². The molecule has 0 fully saturated rings. The molecule has 12 heteroatoms. The van der Waals surface area contributed by atoms with E-state index in [2.05, 4.69) is 25.6 Å². The zero-order chi connectivity index (χ0) is 28.5. The number of benzene rings is 1. The van der Waals surface area contributed by atoms with Gasteiger partial charge in [-0.05, 0) is 69.0 Å². The van der Waals surface area contributed by atoms with E-state index in [0.717, 1.165) is 22.5 Å². The summed E-state index contributed by atoms with van der Waals surface area (Å²) in [6.07, 6.45) is 0.743. The molecular formula is C27H35N7O5. The smallest absolute Gasteiger partial charge is 0.328 e. The number of ether oxygens (including phenoxy) is 2. The number of hydrogen-bond donors (Lipinski definition) is 4. The molecule has 208 valence electrons. The first kappa shape index (κ1) is 29.1. The summed E-state index contributed by atoms with van der Waals surface area (Å²) in [6, 6.07) is 5.85. The van der Waals surface area contributed by atoms with Crippen molar-refractivity contribution in [2.45, 2.75) is 59.5 Å². The number of nitrogen functional groups attached to an aromatic ring is 2. The molecule has 3 rings (SSSR count). The van der Waals surface area contributed by atoms with E-state index in [-0.39, 0.29) is 37.8 Å². The highest BCUT2D eigenvalue weighted by Gasteiger charge is 2.24. The van der Waals surface area contributed by atoms with E-state index in [9.17, 15) is 14.4 Å². The van der Waals surface area contributed by atoms with Gasteiger partial charge >= 0.3 is 11.9 Å². The molecule has 0 saturated heterocycles. The number of esters is 2. The average Bonchev–Trinajstić information content (AvgIpc) is 2.90. The molecule has 0 bridgehead atoms. The van der Waals surface area contributed by atoms with E-state index in [1.807, 2.05) is 13.8 Å². The van der Waals surface area contributed by atoms with E-state index in [4.69, 9.17) is 20.9 Å². The number of amides is 1. The molecule has 1 aromatic carbocycles. The van der Waals surface area contributed by atoms with Gasteiger partial charge in [-0.2, -0.15) is 9.97 Å². The minimum absolute atomic E-state index is 0.0194. The number of aromatic nitrogens is 3. The minimum Gasteiger partial charge on any atom is -0.466 e. The Morgan fingerprint density at radius 2 is 1.67 bits per heavy atom. The Balaban J connectivity index is 1.71. The highest BCUT2D eigenvalue weighted by Crippen LogP contribution is 2.27. The van der Waals surface area contributed by atoms with Crippen molar-refractivity contribution < 1.29 is 23.9 Å². The Kier molecular flexibility index (Phi) is 9.96. The third kappa shape index (κ3) is 7.30. The molecule has 2 heterocycles. The second-order valence-electron chi connectivity index (χ2n) is 8.73. The molecule has 0 aliphatic carbocycles. The first-order valence-electron chi connectivity index (χ1n) is 12.9. The van der Waals surface area contributed by atoms with Crippen molar-refractivity contribution in [3.63, 3.8) is 0 Å². The third-order valence-corrected chi connectivity index (χ3v) is 6.12. The Morgan fingerprint density at radius 1 is 0.974 bits per heavy atom. The molecular weight excluding hydrogens is 502 g/mol. The second kappa shape index (κ2) is 13.4. The molecule has 6 N–H and O–H groups in total. The lowest BCUT2D eigenvalue weighted by Gasteiger charge is -2.17. The standard InChI is InChI=1S/C27H35N7O5/c1-5-19-18(15(4)22-23(28)33-27(29)34-24(22)31-19)14-30-17-10-8-16(9-11-17)25(36)32-20(26(37)39-7-3)12-13-21(35)38-6-2/h8-11,20,30H,5-7,12-14H2,1-4H3,(H,32,36)(H4,28,29,31,33,34)/t20-/m0/s1. The maximum absolute atomic E-state index is 12.8. The molecule has 12 nitrogen and oxygen atoms in total. The van der Waals surface area contributed by atoms with E-state index < -0.39 is 23.9 Å². The molecule has 2 aromatic heterocycles. The molecule has 0 aliphatic heterocycles. The quantitative estimate of drug-likeness (QED) is 0.249. The normalized spacial score (nSPS) is 11.6. The van der Waals surface area contributed by atoms with Gasteiger partial charge in [0.25, 0.3) is 5.91 Å². The summed E-state index contributed by atoms with van der Waals surface area (Å²) >= 11 is 0. The third-order valence-electron chi connectivity index (χ3n) is 6.12. The van der Waals surface area contributed by atoms with Crippen LogP contribution >= 0.6 is 0 Å². The van der Waals surface area contributed by atoms with Crippen LogP contribution < -0.4 is 22.1 Å². The van der Waals surface area contributed by atoms with Crippen LogP contribution in [-0.4, -0.2) is 52.1 Å². The first-order valence-corrected chi connectivity index (χ1v) is 12.9. The monoisotopic (exact) mass is 537 g/mol. The van der Waals surface area contributed by atoms with Gasteiger partial charge in [0.1, 0.15) is 11.9 Å². The van der Waals surface area contributed by atoms with Crippen LogP contribution in [0.15, 0.2) is 24.3 Å². The van der Waals surface area contributed by atoms with E-state index >= 15 is 0 Å². The minimum atomic E-state index is -0.970. The Bertz CT molecular complexity index is 1340. The van der Waals surface area contributed by atoms with Gasteiger partial charge in [0, 0.05) is 29.9 Å². The molecule has 0 radical (unpaired) electrons. The van der Waals surface area contributed by atoms with Gasteiger partial charge in [0.15, 0.2) is 5.65 Å². The van der Waals surface area contributed by atoms with Crippen molar-refractivity contribution in [3.8, 4) is 0 Å². The van der Waals surface area contributed by atoms with Gasteiger partial charge in [-0.1, -0.05) is 6.92 Å². The SMILES string of the molecule is CCOC(=O)CC[C@H](NC(=O)c1ccc(NCc2c(CC)nc3nc(N)nc(N)c3c2C)cc1)C(=O)OCC. The lowest BCUT2D eigenvalue weighted by molar-refractivity contribution is -0.146. The summed E-state index contributed by atoms with van der Waals surface area (Å²) in [5, 5.41) is 6.68. The van der Waals surface area contributed by atoms with Crippen molar-refractivity contribution in [1.82, 2.24) is 20.3 Å². The Labute approximate surface area is 226 Å². The molecule has 0 aliphatic rings. The fraction of sp³-hybridized carbons (Fsp3) is 0.407. The number of anilines is 3. The van der Waals surface area contributed by atoms with Gasteiger partial charge < -0.3 is 31.6 Å². The number of hydrogen-bond acceptors (Lipinski definition) is 11. The van der Waals surface area contributed by atoms with Crippen molar-refractivity contribution in [2.75, 3.05) is 30.0 Å². The van der Waals surface area contributed by atoms with Crippen molar-refractivity contribution in [1.29, 1.82) is 0 Å². The van der Waals surface area contributed by atoms with E-state index in [1.54, 1.807) is 38.1 Å². The van der Waals surface area contributed by atoms with Gasteiger partial charge in [-0.3, -0.25) is 9.59 Å². The van der Waals surface area contributed by atoms with Gasteiger partial charge in [0.2, 0.25) is 5.95 Å². The summed E-state index contributed by atoms with van der Waals surface area (Å²) in [5.74, 6) is -1.14. The summed E-state index contributed by atoms with van der Waals surface area (Å²) in [6.45, 7) is 8.19. The van der Waals surface area contributed by atoms with E-state index in [0.29, 0.717) is 29.6 Å². The number of carbonyl (C=O) groups excluding carboxylic acids is 3. The molecule has 0 unspecified atom stereocenters. The summed E-state index contributed by atoms with van der Waals surface area (Å²) in [5.41, 5.74) is 16.2. The average molecular weight is 538 g/mol. The van der Waals surface area contributed by atoms with Crippen molar-refractivity contribution in [3.05, 3.63) is 46.6 Å². The Hall–Kier alpha value is -4.48. The fourth-order valence-electron chi connectivity index (χ4n) is 4.17. The highest BCUT2D eigenvalue weighted by molar-refractivity contribution is 5.97. The van der Waals surface area contributed by atoms with Gasteiger partial charge in [-0.15, -0.1) is 0 Å². The number of aryl methyl sites for hydroxylation is 2. The first-order chi connectivity index (χ1) is 18.7. The van der Waals surface area contributed by atoms with Crippen LogP contribution in [0, 0.1) is 6.92 Å². The van der Waals surface area contributed by atoms with Crippen LogP contribution in [0.5, 0.6) is 0 Å². The number of nitrogens with one attached hydrogen (secondary N) is 2. The Morgan fingerprint density at radius 3 is 2.31 bits per heavy atom. The lowest BCUT2D eigenvalue weighted by Crippen LogP contribution is -2.42. The number of rotatable bonds is 12. The number of pyridine rings is 1. The van der Waals surface area contributed by atoms with Crippen LogP contribution in [0.4, 0.5) is 17.5 Å². The molecule has 39 heavy (non-hydrogen) atoms. The molecule has 1 atom stereocenters. The number of fused-ring (bicyclic) bond motifs is 1. The molecule has 3 aromatic rings. The summed E-state index contributed by atoms with van der Waals surface area (Å²) in [7, 11) is 0.